The molecule has 0 amide bonds. The third-order valence-electron chi connectivity index (χ3n) is 1.58. The Kier molecular flexibility index (Phi) is 3.21. The summed E-state index contributed by atoms with van der Waals surface area (Å²) in [4.78, 5) is 10.5. The molecule has 3 N–H and O–H groups in total. The van der Waals surface area contributed by atoms with E-state index in [-0.39, 0.29) is 3.57 Å². The van der Waals surface area contributed by atoms with E-state index in [0.29, 0.717) is 5.56 Å². The number of carboxylic acid groups (broad SMARTS) is 1. The summed E-state index contributed by atoms with van der Waals surface area (Å²) in [5.74, 6) is -1.61. The molecule has 0 heterocycles. The van der Waals surface area contributed by atoms with E-state index in [1.165, 1.54) is 18.2 Å². The molecule has 1 aromatic rings. The van der Waals surface area contributed by atoms with Gasteiger partial charge in [0.25, 0.3) is 0 Å². The zero-order valence-electron chi connectivity index (χ0n) is 6.50. The predicted molar refractivity (Wildman–Crippen MR) is 53.7 cm³/mol. The van der Waals surface area contributed by atoms with Gasteiger partial charge in [-0.15, -0.1) is 0 Å². The van der Waals surface area contributed by atoms with Crippen molar-refractivity contribution in [1.29, 1.82) is 0 Å². The molecule has 0 unspecified atom stereocenters. The highest BCUT2D eigenvalue weighted by Crippen LogP contribution is 2.21. The van der Waals surface area contributed by atoms with Crippen LogP contribution < -0.4 is 5.73 Å². The molecule has 1 rings (SSSR count). The fraction of sp³-hybridized carbons (Fsp3) is 0.125. The van der Waals surface area contributed by atoms with Gasteiger partial charge in [0.15, 0.2) is 0 Å². The maximum Gasteiger partial charge on any atom is 0.325 e. The van der Waals surface area contributed by atoms with Crippen LogP contribution in [0.15, 0.2) is 18.2 Å². The highest BCUT2D eigenvalue weighted by Gasteiger charge is 2.18. The van der Waals surface area contributed by atoms with Crippen LogP contribution in [0, 0.1) is 9.39 Å². The topological polar surface area (TPSA) is 63.3 Å². The van der Waals surface area contributed by atoms with E-state index in [1.807, 2.05) is 0 Å². The predicted octanol–water partition coefficient (Wildman–Crippen LogP) is 1.51. The van der Waals surface area contributed by atoms with Gasteiger partial charge in [-0.3, -0.25) is 4.79 Å². The summed E-state index contributed by atoms with van der Waals surface area (Å²) in [5.41, 5.74) is 5.64. The third-order valence-corrected chi connectivity index (χ3v) is 2.72. The van der Waals surface area contributed by atoms with E-state index in [9.17, 15) is 9.18 Å². The van der Waals surface area contributed by atoms with Crippen LogP contribution in [0.2, 0.25) is 0 Å². The lowest BCUT2D eigenvalue weighted by atomic mass is 10.1. The lowest BCUT2D eigenvalue weighted by Crippen LogP contribution is -2.21. The van der Waals surface area contributed by atoms with Gasteiger partial charge in [-0.05, 0) is 34.2 Å². The molecule has 0 saturated heterocycles. The molecular formula is C8H7FINO2. The second-order valence-electron chi connectivity index (χ2n) is 2.46. The summed E-state index contributed by atoms with van der Waals surface area (Å²) < 4.78 is 13.2. The number of hydrogen-bond acceptors (Lipinski definition) is 2. The van der Waals surface area contributed by atoms with Gasteiger partial charge in [0.1, 0.15) is 11.9 Å². The van der Waals surface area contributed by atoms with Crippen molar-refractivity contribution in [3.63, 3.8) is 0 Å². The van der Waals surface area contributed by atoms with Crippen molar-refractivity contribution in [2.24, 2.45) is 5.73 Å². The van der Waals surface area contributed by atoms with Gasteiger partial charge in [0.2, 0.25) is 0 Å². The van der Waals surface area contributed by atoms with Crippen LogP contribution in [0.5, 0.6) is 0 Å². The van der Waals surface area contributed by atoms with Crippen LogP contribution >= 0.6 is 22.6 Å². The maximum absolute atomic E-state index is 12.9. The quantitative estimate of drug-likeness (QED) is 0.813. The molecule has 0 bridgehead atoms. The number of benzene rings is 1. The molecule has 0 aliphatic rings. The Bertz CT molecular complexity index is 343. The number of aliphatic carboxylic acids is 1. The fourth-order valence-electron chi connectivity index (χ4n) is 0.894. The van der Waals surface area contributed by atoms with Crippen molar-refractivity contribution in [1.82, 2.24) is 0 Å². The highest BCUT2D eigenvalue weighted by molar-refractivity contribution is 14.1. The molecule has 0 aliphatic heterocycles. The first-order valence-electron chi connectivity index (χ1n) is 3.46. The lowest BCUT2D eigenvalue weighted by molar-refractivity contribution is -0.138. The van der Waals surface area contributed by atoms with Crippen molar-refractivity contribution in [2.75, 3.05) is 0 Å². The van der Waals surface area contributed by atoms with Gasteiger partial charge < -0.3 is 10.8 Å². The number of halogens is 2. The summed E-state index contributed by atoms with van der Waals surface area (Å²) in [6.07, 6.45) is 0. The Morgan fingerprint density at radius 3 is 2.77 bits per heavy atom. The van der Waals surface area contributed by atoms with Gasteiger partial charge in [-0.2, -0.15) is 0 Å². The van der Waals surface area contributed by atoms with Crippen LogP contribution in [0.1, 0.15) is 11.6 Å². The van der Waals surface area contributed by atoms with Gasteiger partial charge in [-0.1, -0.05) is 12.1 Å². The van der Waals surface area contributed by atoms with Crippen molar-refractivity contribution in [3.05, 3.63) is 33.1 Å². The summed E-state index contributed by atoms with van der Waals surface area (Å²) in [6.45, 7) is 0. The minimum absolute atomic E-state index is 0.259. The standard InChI is InChI=1S/C8H7FINO2/c9-5-3-1-2-4(6(5)10)7(11)8(12)13/h1-3,7H,11H2,(H,12,13)/t7-/m1/s1. The average Bonchev–Trinajstić information content (AvgIpc) is 2.08. The monoisotopic (exact) mass is 295 g/mol. The number of carboxylic acids is 1. The summed E-state index contributed by atoms with van der Waals surface area (Å²) >= 11 is 1.74. The molecule has 5 heteroatoms. The van der Waals surface area contributed by atoms with E-state index in [4.69, 9.17) is 10.8 Å². The largest absolute Gasteiger partial charge is 0.480 e. The minimum atomic E-state index is -1.16. The Labute approximate surface area is 87.9 Å². The summed E-state index contributed by atoms with van der Waals surface area (Å²) in [5, 5.41) is 8.60. The van der Waals surface area contributed by atoms with Gasteiger partial charge >= 0.3 is 5.97 Å². The van der Waals surface area contributed by atoms with Crippen molar-refractivity contribution in [3.8, 4) is 0 Å². The van der Waals surface area contributed by atoms with Gasteiger partial charge in [0, 0.05) is 0 Å². The van der Waals surface area contributed by atoms with E-state index in [0.717, 1.165) is 0 Å². The Morgan fingerprint density at radius 1 is 1.62 bits per heavy atom. The molecule has 1 atom stereocenters. The average molecular weight is 295 g/mol. The molecule has 0 saturated carbocycles. The zero-order chi connectivity index (χ0) is 10.0. The Morgan fingerprint density at radius 2 is 2.23 bits per heavy atom. The molecule has 1 aromatic carbocycles. The lowest BCUT2D eigenvalue weighted by Gasteiger charge is -2.08. The van der Waals surface area contributed by atoms with Gasteiger partial charge in [0.05, 0.1) is 3.57 Å². The molecule has 70 valence electrons. The second-order valence-corrected chi connectivity index (χ2v) is 3.54. The van der Waals surface area contributed by atoms with E-state index < -0.39 is 17.8 Å². The first kappa shape index (κ1) is 10.4. The third kappa shape index (κ3) is 2.16. The normalized spacial score (nSPS) is 12.5. The number of nitrogens with two attached hydrogens (primary N) is 1. The van der Waals surface area contributed by atoms with Crippen LogP contribution in [0.3, 0.4) is 0 Å². The van der Waals surface area contributed by atoms with Crippen molar-refractivity contribution < 1.29 is 14.3 Å². The number of hydrogen-bond donors (Lipinski definition) is 2. The molecule has 0 radical (unpaired) electrons. The number of rotatable bonds is 2. The van der Waals surface area contributed by atoms with Crippen LogP contribution in [0.4, 0.5) is 4.39 Å². The van der Waals surface area contributed by atoms with Crippen LogP contribution in [-0.2, 0) is 4.79 Å². The van der Waals surface area contributed by atoms with Crippen LogP contribution in [-0.4, -0.2) is 11.1 Å². The molecule has 0 aliphatic carbocycles. The van der Waals surface area contributed by atoms with Crippen molar-refractivity contribution in [2.45, 2.75) is 6.04 Å². The van der Waals surface area contributed by atoms with E-state index >= 15 is 0 Å². The Hall–Kier alpha value is -0.690. The highest BCUT2D eigenvalue weighted by atomic mass is 127. The maximum atomic E-state index is 12.9. The zero-order valence-corrected chi connectivity index (χ0v) is 8.66. The summed E-state index contributed by atoms with van der Waals surface area (Å²) in [6, 6.07) is 3.04. The first-order valence-corrected chi connectivity index (χ1v) is 4.54. The molecule has 13 heavy (non-hydrogen) atoms. The molecule has 0 fully saturated rings. The SMILES string of the molecule is N[C@@H](C(=O)O)c1cccc(F)c1I. The van der Waals surface area contributed by atoms with Crippen LogP contribution in [0.25, 0.3) is 0 Å². The molecule has 3 nitrogen and oxygen atoms in total. The molecule has 0 aromatic heterocycles. The van der Waals surface area contributed by atoms with Gasteiger partial charge in [-0.25, -0.2) is 4.39 Å². The van der Waals surface area contributed by atoms with E-state index in [1.54, 1.807) is 22.6 Å². The Balaban J connectivity index is 3.15. The fourth-order valence-corrected chi connectivity index (χ4v) is 1.59. The molecule has 0 spiro atoms. The van der Waals surface area contributed by atoms with E-state index in [2.05, 4.69) is 0 Å². The second kappa shape index (κ2) is 4.01. The number of carbonyl (C=O) groups is 1. The minimum Gasteiger partial charge on any atom is -0.480 e. The first-order chi connectivity index (χ1) is 6.04. The molecular weight excluding hydrogens is 288 g/mol. The van der Waals surface area contributed by atoms with Crippen molar-refractivity contribution >= 4 is 28.6 Å². The smallest absolute Gasteiger partial charge is 0.325 e. The summed E-state index contributed by atoms with van der Waals surface area (Å²) in [7, 11) is 0.